The van der Waals surface area contributed by atoms with Crippen molar-refractivity contribution < 1.29 is 9.53 Å². The molecule has 0 saturated heterocycles. The van der Waals surface area contributed by atoms with E-state index in [1.54, 1.807) is 36.4 Å². The van der Waals surface area contributed by atoms with Crippen molar-refractivity contribution in [1.29, 1.82) is 5.26 Å². The number of nitriles is 1. The van der Waals surface area contributed by atoms with Crippen molar-refractivity contribution in [3.8, 4) is 6.07 Å². The Kier molecular flexibility index (Phi) is 5.28. The third-order valence-corrected chi connectivity index (χ3v) is 3.70. The fraction of sp³-hybridized carbons (Fsp3) is 0.100. The van der Waals surface area contributed by atoms with Crippen molar-refractivity contribution in [2.24, 2.45) is 0 Å². The molecular weight excluding hydrogens is 342 g/mol. The molecule has 134 valence electrons. The highest BCUT2D eigenvalue weighted by Gasteiger charge is 2.07. The number of aryl methyl sites for hydroxylation is 1. The average molecular weight is 359 g/mol. The van der Waals surface area contributed by atoms with Gasteiger partial charge in [0.2, 0.25) is 5.95 Å². The van der Waals surface area contributed by atoms with Gasteiger partial charge in [-0.2, -0.15) is 10.2 Å². The van der Waals surface area contributed by atoms with E-state index in [4.69, 9.17) is 5.26 Å². The largest absolute Gasteiger partial charge is 0.465 e. The van der Waals surface area contributed by atoms with E-state index in [2.05, 4.69) is 31.4 Å². The summed E-state index contributed by atoms with van der Waals surface area (Å²) in [5.41, 5.74) is 3.42. The van der Waals surface area contributed by atoms with Gasteiger partial charge in [0.1, 0.15) is 5.82 Å². The monoisotopic (exact) mass is 359 g/mol. The highest BCUT2D eigenvalue weighted by atomic mass is 16.5. The fourth-order valence-corrected chi connectivity index (χ4v) is 2.40. The number of ether oxygens (including phenoxy) is 1. The Bertz CT molecular complexity index is 992. The van der Waals surface area contributed by atoms with Gasteiger partial charge in [-0.25, -0.2) is 9.78 Å². The number of nitrogens with zero attached hydrogens (tertiary/aromatic N) is 3. The standard InChI is InChI=1S/C20H17N5O2/c1-13-11-18(23-16-7-3-14(12-21)4-8-16)25-20(22-13)24-17-9-5-15(6-10-17)19(26)27-2/h3-11H,1-2H3,(H2,22,23,24,25). The molecule has 0 aliphatic carbocycles. The second-order valence-electron chi connectivity index (χ2n) is 5.73. The molecule has 0 fully saturated rings. The first-order chi connectivity index (χ1) is 13.1. The number of benzene rings is 2. The van der Waals surface area contributed by atoms with E-state index in [-0.39, 0.29) is 5.97 Å². The number of rotatable bonds is 5. The smallest absolute Gasteiger partial charge is 0.337 e. The quantitative estimate of drug-likeness (QED) is 0.666. The Balaban J connectivity index is 1.76. The average Bonchev–Trinajstić information content (AvgIpc) is 2.68. The van der Waals surface area contributed by atoms with E-state index in [0.29, 0.717) is 22.9 Å². The minimum atomic E-state index is -0.387. The van der Waals surface area contributed by atoms with Crippen LogP contribution in [0.1, 0.15) is 21.6 Å². The maximum Gasteiger partial charge on any atom is 0.337 e. The van der Waals surface area contributed by atoms with Gasteiger partial charge in [-0.3, -0.25) is 0 Å². The molecule has 7 nitrogen and oxygen atoms in total. The molecule has 0 unspecified atom stereocenters. The van der Waals surface area contributed by atoms with Crippen LogP contribution < -0.4 is 10.6 Å². The highest BCUT2D eigenvalue weighted by molar-refractivity contribution is 5.89. The molecule has 1 heterocycles. The number of hydrogen-bond donors (Lipinski definition) is 2. The number of carbonyl (C=O) groups excluding carboxylic acids is 1. The summed E-state index contributed by atoms with van der Waals surface area (Å²) in [6.45, 7) is 1.87. The number of aromatic nitrogens is 2. The lowest BCUT2D eigenvalue weighted by Gasteiger charge is -2.10. The number of esters is 1. The molecule has 0 aliphatic rings. The Morgan fingerprint density at radius 2 is 1.63 bits per heavy atom. The molecule has 0 aliphatic heterocycles. The summed E-state index contributed by atoms with van der Waals surface area (Å²) in [5.74, 6) is 0.667. The van der Waals surface area contributed by atoms with Crippen LogP contribution >= 0.6 is 0 Å². The molecular formula is C20H17N5O2. The molecule has 0 spiro atoms. The second kappa shape index (κ2) is 7.97. The lowest BCUT2D eigenvalue weighted by molar-refractivity contribution is 0.0601. The number of nitrogens with one attached hydrogen (secondary N) is 2. The Labute approximate surface area is 156 Å². The second-order valence-corrected chi connectivity index (χ2v) is 5.73. The van der Waals surface area contributed by atoms with Crippen LogP contribution in [0.3, 0.4) is 0 Å². The van der Waals surface area contributed by atoms with Gasteiger partial charge >= 0.3 is 5.97 Å². The number of anilines is 4. The van der Waals surface area contributed by atoms with Crippen LogP contribution in [0.5, 0.6) is 0 Å². The van der Waals surface area contributed by atoms with Crippen LogP contribution in [0.15, 0.2) is 54.6 Å². The first-order valence-corrected chi connectivity index (χ1v) is 8.15. The molecule has 3 rings (SSSR count). The van der Waals surface area contributed by atoms with Gasteiger partial charge < -0.3 is 15.4 Å². The summed E-state index contributed by atoms with van der Waals surface area (Å²) in [6, 6.07) is 17.9. The summed E-state index contributed by atoms with van der Waals surface area (Å²) in [6.07, 6.45) is 0. The number of methoxy groups -OCH3 is 1. The zero-order chi connectivity index (χ0) is 19.2. The zero-order valence-corrected chi connectivity index (χ0v) is 14.9. The van der Waals surface area contributed by atoms with Crippen LogP contribution in [0.2, 0.25) is 0 Å². The fourth-order valence-electron chi connectivity index (χ4n) is 2.40. The molecule has 0 amide bonds. The molecule has 3 aromatic rings. The first kappa shape index (κ1) is 17.9. The predicted molar refractivity (Wildman–Crippen MR) is 102 cm³/mol. The summed E-state index contributed by atoms with van der Waals surface area (Å²) in [7, 11) is 1.34. The van der Waals surface area contributed by atoms with E-state index in [1.807, 2.05) is 25.1 Å². The van der Waals surface area contributed by atoms with Crippen molar-refractivity contribution in [3.63, 3.8) is 0 Å². The number of hydrogen-bond acceptors (Lipinski definition) is 7. The van der Waals surface area contributed by atoms with Gasteiger partial charge in [0.15, 0.2) is 0 Å². The molecule has 1 aromatic heterocycles. The molecule has 0 bridgehead atoms. The van der Waals surface area contributed by atoms with Crippen LogP contribution in [0.25, 0.3) is 0 Å². The van der Waals surface area contributed by atoms with Crippen molar-refractivity contribution in [1.82, 2.24) is 9.97 Å². The molecule has 0 saturated carbocycles. The minimum Gasteiger partial charge on any atom is -0.465 e. The van der Waals surface area contributed by atoms with Gasteiger partial charge in [0, 0.05) is 23.1 Å². The third-order valence-electron chi connectivity index (χ3n) is 3.70. The summed E-state index contributed by atoms with van der Waals surface area (Å²) in [5, 5.41) is 15.2. The first-order valence-electron chi connectivity index (χ1n) is 8.15. The van der Waals surface area contributed by atoms with Crippen LogP contribution in [0.4, 0.5) is 23.1 Å². The summed E-state index contributed by atoms with van der Waals surface area (Å²) < 4.78 is 4.69. The van der Waals surface area contributed by atoms with Crippen LogP contribution in [-0.4, -0.2) is 23.0 Å². The SMILES string of the molecule is COC(=O)c1ccc(Nc2nc(C)cc(Nc3ccc(C#N)cc3)n2)cc1. The maximum atomic E-state index is 11.5. The third kappa shape index (κ3) is 4.58. The molecule has 2 N–H and O–H groups in total. The van der Waals surface area contributed by atoms with Crippen molar-refractivity contribution in [2.75, 3.05) is 17.7 Å². The highest BCUT2D eigenvalue weighted by Crippen LogP contribution is 2.20. The van der Waals surface area contributed by atoms with Gasteiger partial charge in [0.05, 0.1) is 24.3 Å². The topological polar surface area (TPSA) is 99.9 Å². The van der Waals surface area contributed by atoms with Gasteiger partial charge in [-0.15, -0.1) is 0 Å². The lowest BCUT2D eigenvalue weighted by Crippen LogP contribution is -2.03. The van der Waals surface area contributed by atoms with Crippen molar-refractivity contribution >= 4 is 29.1 Å². The molecule has 2 aromatic carbocycles. The van der Waals surface area contributed by atoms with Gasteiger partial charge in [-0.05, 0) is 55.5 Å². The zero-order valence-electron chi connectivity index (χ0n) is 14.9. The van der Waals surface area contributed by atoms with E-state index in [1.165, 1.54) is 7.11 Å². The van der Waals surface area contributed by atoms with E-state index in [0.717, 1.165) is 17.1 Å². The molecule has 7 heteroatoms. The summed E-state index contributed by atoms with van der Waals surface area (Å²) >= 11 is 0. The Hall–Kier alpha value is -3.92. The normalized spacial score (nSPS) is 9.96. The van der Waals surface area contributed by atoms with Crippen molar-refractivity contribution in [3.05, 3.63) is 71.4 Å². The molecule has 27 heavy (non-hydrogen) atoms. The van der Waals surface area contributed by atoms with Crippen molar-refractivity contribution in [2.45, 2.75) is 6.92 Å². The van der Waals surface area contributed by atoms with E-state index < -0.39 is 0 Å². The number of carbonyl (C=O) groups is 1. The maximum absolute atomic E-state index is 11.5. The van der Waals surface area contributed by atoms with Gasteiger partial charge in [0.25, 0.3) is 0 Å². The van der Waals surface area contributed by atoms with E-state index >= 15 is 0 Å². The van der Waals surface area contributed by atoms with Crippen LogP contribution in [-0.2, 0) is 4.74 Å². The molecule has 0 radical (unpaired) electrons. The Morgan fingerprint density at radius 1 is 1.00 bits per heavy atom. The molecule has 0 atom stereocenters. The summed E-state index contributed by atoms with van der Waals surface area (Å²) in [4.78, 5) is 20.3. The predicted octanol–water partition coefficient (Wildman–Crippen LogP) is 3.93. The lowest BCUT2D eigenvalue weighted by atomic mass is 10.2. The minimum absolute atomic E-state index is 0.387. The van der Waals surface area contributed by atoms with Gasteiger partial charge in [-0.1, -0.05) is 0 Å². The Morgan fingerprint density at radius 3 is 2.26 bits per heavy atom. The van der Waals surface area contributed by atoms with Crippen LogP contribution in [0, 0.1) is 18.3 Å². The van der Waals surface area contributed by atoms with E-state index in [9.17, 15) is 4.79 Å².